The molecule has 1 aromatic carbocycles. The standard InChI is InChI=1S/C11H6F6O3/c12-10(13,14)5-3-7(11(15,16)17)6(8(18)4-5)1-2-9(19)20/h1-4,18H,(H,19,20)/b2-1+. The van der Waals surface area contributed by atoms with E-state index >= 15 is 0 Å². The van der Waals surface area contributed by atoms with Crippen LogP contribution in [0, 0.1) is 0 Å². The normalized spacial score (nSPS) is 12.9. The van der Waals surface area contributed by atoms with Gasteiger partial charge in [-0.25, -0.2) is 4.79 Å². The third kappa shape index (κ3) is 3.65. The highest BCUT2D eigenvalue weighted by atomic mass is 19.4. The van der Waals surface area contributed by atoms with Gasteiger partial charge in [0.2, 0.25) is 0 Å². The molecule has 0 bridgehead atoms. The zero-order valence-corrected chi connectivity index (χ0v) is 9.38. The lowest BCUT2D eigenvalue weighted by atomic mass is 10.0. The van der Waals surface area contributed by atoms with E-state index in [1.165, 1.54) is 0 Å². The van der Waals surface area contributed by atoms with Crippen LogP contribution in [0.3, 0.4) is 0 Å². The summed E-state index contributed by atoms with van der Waals surface area (Å²) in [5.74, 6) is -2.93. The van der Waals surface area contributed by atoms with Crippen LogP contribution in [0.5, 0.6) is 5.75 Å². The summed E-state index contributed by atoms with van der Waals surface area (Å²) in [6, 6.07) is -0.0992. The van der Waals surface area contributed by atoms with Crippen LogP contribution in [-0.4, -0.2) is 16.2 Å². The molecule has 0 radical (unpaired) electrons. The molecule has 0 aliphatic carbocycles. The minimum absolute atomic E-state index is 0.0940. The number of halogens is 6. The Hall–Kier alpha value is -2.19. The Labute approximate surface area is 107 Å². The average Bonchev–Trinajstić information content (AvgIpc) is 2.23. The monoisotopic (exact) mass is 300 g/mol. The molecule has 0 unspecified atom stereocenters. The van der Waals surface area contributed by atoms with Gasteiger partial charge in [0.15, 0.2) is 0 Å². The molecule has 110 valence electrons. The van der Waals surface area contributed by atoms with Crippen molar-refractivity contribution >= 4 is 12.0 Å². The highest BCUT2D eigenvalue weighted by molar-refractivity contribution is 5.86. The summed E-state index contributed by atoms with van der Waals surface area (Å²) in [5, 5.41) is 17.6. The zero-order chi connectivity index (χ0) is 15.7. The van der Waals surface area contributed by atoms with Crippen molar-refractivity contribution < 1.29 is 41.4 Å². The van der Waals surface area contributed by atoms with Gasteiger partial charge in [-0.05, 0) is 18.2 Å². The topological polar surface area (TPSA) is 57.5 Å². The van der Waals surface area contributed by atoms with Crippen LogP contribution in [0.15, 0.2) is 18.2 Å². The van der Waals surface area contributed by atoms with E-state index < -0.39 is 40.8 Å². The number of aromatic hydroxyl groups is 1. The second-order valence-electron chi connectivity index (χ2n) is 3.62. The Morgan fingerprint density at radius 3 is 2.00 bits per heavy atom. The Bertz CT molecular complexity index is 557. The molecule has 0 aliphatic heterocycles. The first-order valence-corrected chi connectivity index (χ1v) is 4.85. The number of carboxylic acid groups (broad SMARTS) is 1. The van der Waals surface area contributed by atoms with E-state index in [2.05, 4.69) is 0 Å². The summed E-state index contributed by atoms with van der Waals surface area (Å²) in [5.41, 5.74) is -4.51. The van der Waals surface area contributed by atoms with E-state index in [4.69, 9.17) is 5.11 Å². The quantitative estimate of drug-likeness (QED) is 0.649. The summed E-state index contributed by atoms with van der Waals surface area (Å²) >= 11 is 0. The average molecular weight is 300 g/mol. The lowest BCUT2D eigenvalue weighted by molar-refractivity contribution is -0.143. The van der Waals surface area contributed by atoms with E-state index in [-0.39, 0.29) is 18.2 Å². The van der Waals surface area contributed by atoms with Crippen LogP contribution in [-0.2, 0) is 17.1 Å². The van der Waals surface area contributed by atoms with Crippen LogP contribution in [0.2, 0.25) is 0 Å². The molecule has 0 atom stereocenters. The molecule has 2 N–H and O–H groups in total. The molecule has 0 saturated heterocycles. The van der Waals surface area contributed by atoms with Gasteiger partial charge in [-0.1, -0.05) is 0 Å². The molecule has 0 amide bonds. The van der Waals surface area contributed by atoms with Crippen molar-refractivity contribution in [2.24, 2.45) is 0 Å². The number of alkyl halides is 6. The molecular formula is C11H6F6O3. The van der Waals surface area contributed by atoms with Gasteiger partial charge in [0.1, 0.15) is 5.75 Å². The van der Waals surface area contributed by atoms with Gasteiger partial charge in [0, 0.05) is 11.6 Å². The van der Waals surface area contributed by atoms with Crippen molar-refractivity contribution in [3.8, 4) is 5.75 Å². The van der Waals surface area contributed by atoms with Gasteiger partial charge in [-0.2, -0.15) is 26.3 Å². The zero-order valence-electron chi connectivity index (χ0n) is 9.38. The lowest BCUT2D eigenvalue weighted by Crippen LogP contribution is -2.12. The van der Waals surface area contributed by atoms with Crippen molar-refractivity contribution in [2.45, 2.75) is 12.4 Å². The first-order chi connectivity index (χ1) is 8.93. The number of hydrogen-bond acceptors (Lipinski definition) is 2. The van der Waals surface area contributed by atoms with E-state index in [9.17, 15) is 36.2 Å². The number of phenolic OH excluding ortho intramolecular Hbond substituents is 1. The number of phenols is 1. The first-order valence-electron chi connectivity index (χ1n) is 4.85. The summed E-state index contributed by atoms with van der Waals surface area (Å²) < 4.78 is 75.2. The Morgan fingerprint density at radius 1 is 1.05 bits per heavy atom. The molecule has 1 rings (SSSR count). The van der Waals surface area contributed by atoms with Crippen molar-refractivity contribution in [2.75, 3.05) is 0 Å². The third-order valence-electron chi connectivity index (χ3n) is 2.18. The first kappa shape index (κ1) is 15.9. The van der Waals surface area contributed by atoms with Gasteiger partial charge in [-0.15, -0.1) is 0 Å². The smallest absolute Gasteiger partial charge is 0.417 e. The Morgan fingerprint density at radius 2 is 1.60 bits per heavy atom. The fraction of sp³-hybridized carbons (Fsp3) is 0.182. The van der Waals surface area contributed by atoms with Crippen LogP contribution >= 0.6 is 0 Å². The Balaban J connectivity index is 3.56. The lowest BCUT2D eigenvalue weighted by Gasteiger charge is -2.15. The Kier molecular flexibility index (Phi) is 4.02. The molecule has 9 heteroatoms. The molecular weight excluding hydrogens is 294 g/mol. The number of aliphatic carboxylic acids is 1. The summed E-state index contributed by atoms with van der Waals surface area (Å²) in [6.45, 7) is 0. The number of hydrogen-bond donors (Lipinski definition) is 2. The van der Waals surface area contributed by atoms with Gasteiger partial charge < -0.3 is 10.2 Å². The molecule has 0 saturated carbocycles. The number of rotatable bonds is 2. The summed E-state index contributed by atoms with van der Waals surface area (Å²) in [4.78, 5) is 10.2. The fourth-order valence-electron chi connectivity index (χ4n) is 1.37. The summed E-state index contributed by atoms with van der Waals surface area (Å²) in [7, 11) is 0. The molecule has 0 fully saturated rings. The van der Waals surface area contributed by atoms with Crippen LogP contribution in [0.1, 0.15) is 16.7 Å². The van der Waals surface area contributed by atoms with Gasteiger partial charge >= 0.3 is 18.3 Å². The molecule has 0 aromatic heterocycles. The molecule has 1 aromatic rings. The molecule has 20 heavy (non-hydrogen) atoms. The maximum Gasteiger partial charge on any atom is 0.417 e. The van der Waals surface area contributed by atoms with E-state index in [1.807, 2.05) is 0 Å². The molecule has 0 spiro atoms. The van der Waals surface area contributed by atoms with Gasteiger partial charge in [-0.3, -0.25) is 0 Å². The summed E-state index contributed by atoms with van der Waals surface area (Å²) in [6.07, 6.45) is -9.61. The second kappa shape index (κ2) is 5.06. The van der Waals surface area contributed by atoms with Crippen molar-refractivity contribution in [1.82, 2.24) is 0 Å². The van der Waals surface area contributed by atoms with Gasteiger partial charge in [0.05, 0.1) is 11.1 Å². The van der Waals surface area contributed by atoms with Crippen molar-refractivity contribution in [3.63, 3.8) is 0 Å². The number of carbonyl (C=O) groups is 1. The largest absolute Gasteiger partial charge is 0.507 e. The minimum Gasteiger partial charge on any atom is -0.507 e. The van der Waals surface area contributed by atoms with E-state index in [0.29, 0.717) is 6.08 Å². The second-order valence-corrected chi connectivity index (χ2v) is 3.62. The maximum absolute atomic E-state index is 12.7. The van der Waals surface area contributed by atoms with Crippen LogP contribution < -0.4 is 0 Å². The molecule has 3 nitrogen and oxygen atoms in total. The molecule has 0 heterocycles. The third-order valence-corrected chi connectivity index (χ3v) is 2.18. The fourth-order valence-corrected chi connectivity index (χ4v) is 1.37. The van der Waals surface area contributed by atoms with Gasteiger partial charge in [0.25, 0.3) is 0 Å². The van der Waals surface area contributed by atoms with E-state index in [0.717, 1.165) is 0 Å². The van der Waals surface area contributed by atoms with Crippen molar-refractivity contribution in [1.29, 1.82) is 0 Å². The SMILES string of the molecule is O=C(O)/C=C/c1c(O)cc(C(F)(F)F)cc1C(F)(F)F. The molecule has 0 aliphatic rings. The highest BCUT2D eigenvalue weighted by Gasteiger charge is 2.39. The minimum atomic E-state index is -5.18. The van der Waals surface area contributed by atoms with Crippen LogP contribution in [0.25, 0.3) is 6.08 Å². The van der Waals surface area contributed by atoms with Crippen molar-refractivity contribution in [3.05, 3.63) is 34.9 Å². The predicted octanol–water partition coefficient (Wildman–Crippen LogP) is 3.53. The number of carboxylic acids is 1. The van der Waals surface area contributed by atoms with Crippen LogP contribution in [0.4, 0.5) is 26.3 Å². The predicted molar refractivity (Wildman–Crippen MR) is 54.8 cm³/mol. The van der Waals surface area contributed by atoms with E-state index in [1.54, 1.807) is 0 Å². The number of benzene rings is 1. The maximum atomic E-state index is 12.7. The highest BCUT2D eigenvalue weighted by Crippen LogP contribution is 2.41.